The third-order valence-corrected chi connectivity index (χ3v) is 5.29. The third kappa shape index (κ3) is 2.28. The number of thioether (sulfide) groups is 1. The van der Waals surface area contributed by atoms with Crippen molar-refractivity contribution in [3.05, 3.63) is 21.9 Å². The predicted molar refractivity (Wildman–Crippen MR) is 70.9 cm³/mol. The average Bonchev–Trinajstić information content (AvgIpc) is 2.82. The number of unbranched alkanes of at least 4 members (excludes halogenated alkanes) is 1. The van der Waals surface area contributed by atoms with Crippen molar-refractivity contribution < 1.29 is 4.79 Å². The van der Waals surface area contributed by atoms with E-state index in [1.807, 2.05) is 4.90 Å². The Morgan fingerprint density at radius 2 is 2.38 bits per heavy atom. The topological polar surface area (TPSA) is 20.3 Å². The number of carbonyl (C=O) groups excluding carboxylic acids is 1. The van der Waals surface area contributed by atoms with Crippen molar-refractivity contribution in [1.82, 2.24) is 4.90 Å². The van der Waals surface area contributed by atoms with Crippen LogP contribution in [0.4, 0.5) is 0 Å². The van der Waals surface area contributed by atoms with Gasteiger partial charge in [-0.05, 0) is 30.4 Å². The summed E-state index contributed by atoms with van der Waals surface area (Å²) in [6, 6.07) is 2.14. The molecule has 0 saturated carbocycles. The number of hydrogen-bond acceptors (Lipinski definition) is 3. The molecule has 0 aromatic carbocycles. The first kappa shape index (κ1) is 12.0. The molecule has 1 atom stereocenters. The van der Waals surface area contributed by atoms with Crippen molar-refractivity contribution in [2.45, 2.75) is 32.1 Å². The fourth-order valence-electron chi connectivity index (χ4n) is 1.88. The molecule has 0 spiro atoms. The monoisotopic (exact) mass is 255 g/mol. The maximum absolute atomic E-state index is 11.8. The van der Waals surface area contributed by atoms with Crippen molar-refractivity contribution in [2.24, 2.45) is 0 Å². The lowest BCUT2D eigenvalue weighted by Gasteiger charge is -2.23. The Morgan fingerprint density at radius 3 is 3.00 bits per heavy atom. The Labute approximate surface area is 105 Å². The van der Waals surface area contributed by atoms with Crippen LogP contribution in [0.2, 0.25) is 0 Å². The van der Waals surface area contributed by atoms with Crippen molar-refractivity contribution in [2.75, 3.05) is 12.3 Å². The molecule has 2 nitrogen and oxygen atoms in total. The molecular weight excluding hydrogens is 238 g/mol. The number of rotatable bonds is 4. The van der Waals surface area contributed by atoms with Crippen LogP contribution in [0.1, 0.15) is 35.6 Å². The lowest BCUT2D eigenvalue weighted by atomic mass is 10.2. The second kappa shape index (κ2) is 5.23. The number of amides is 1. The summed E-state index contributed by atoms with van der Waals surface area (Å²) in [5.41, 5.74) is 1.32. The van der Waals surface area contributed by atoms with Gasteiger partial charge in [-0.3, -0.25) is 4.79 Å². The van der Waals surface area contributed by atoms with Crippen molar-refractivity contribution in [1.29, 1.82) is 0 Å². The van der Waals surface area contributed by atoms with E-state index in [-0.39, 0.29) is 5.37 Å². The lowest BCUT2D eigenvalue weighted by molar-refractivity contribution is -0.128. The van der Waals surface area contributed by atoms with E-state index in [9.17, 15) is 4.79 Å². The minimum Gasteiger partial charge on any atom is -0.325 e. The molecule has 1 fully saturated rings. The van der Waals surface area contributed by atoms with Crippen LogP contribution in [-0.2, 0) is 4.79 Å². The van der Waals surface area contributed by atoms with Gasteiger partial charge in [0.25, 0.3) is 0 Å². The molecular formula is C12H17NOS2. The maximum Gasteiger partial charge on any atom is 0.233 e. The molecule has 2 heterocycles. The number of thiophene rings is 1. The zero-order valence-electron chi connectivity index (χ0n) is 9.73. The summed E-state index contributed by atoms with van der Waals surface area (Å²) in [6.45, 7) is 5.20. The van der Waals surface area contributed by atoms with Gasteiger partial charge in [-0.15, -0.1) is 23.1 Å². The highest BCUT2D eigenvalue weighted by Crippen LogP contribution is 2.42. The maximum atomic E-state index is 11.8. The molecule has 1 aromatic heterocycles. The Kier molecular flexibility index (Phi) is 3.92. The molecule has 4 heteroatoms. The number of nitrogens with zero attached hydrogens (tertiary/aromatic N) is 1. The van der Waals surface area contributed by atoms with E-state index in [0.29, 0.717) is 11.7 Å². The lowest BCUT2D eigenvalue weighted by Crippen LogP contribution is -2.29. The second-order valence-electron chi connectivity index (χ2n) is 4.07. The summed E-state index contributed by atoms with van der Waals surface area (Å²) < 4.78 is 0. The molecule has 1 saturated heterocycles. The number of aryl methyl sites for hydroxylation is 1. The highest BCUT2D eigenvalue weighted by molar-refractivity contribution is 8.00. The summed E-state index contributed by atoms with van der Waals surface area (Å²) in [5.74, 6) is 0.947. The van der Waals surface area contributed by atoms with Crippen LogP contribution >= 0.6 is 23.1 Å². The normalized spacial score (nSPS) is 20.8. The molecule has 1 aromatic rings. The predicted octanol–water partition coefficient (Wildman–Crippen LogP) is 3.43. The Hall–Kier alpha value is -0.480. The summed E-state index contributed by atoms with van der Waals surface area (Å²) in [7, 11) is 0. The van der Waals surface area contributed by atoms with Gasteiger partial charge in [0.05, 0.1) is 5.75 Å². The molecule has 0 N–H and O–H groups in total. The van der Waals surface area contributed by atoms with E-state index in [1.54, 1.807) is 23.1 Å². The van der Waals surface area contributed by atoms with Crippen LogP contribution in [0.3, 0.4) is 0 Å². The zero-order chi connectivity index (χ0) is 11.5. The summed E-state index contributed by atoms with van der Waals surface area (Å²) >= 11 is 3.54. The first-order valence-electron chi connectivity index (χ1n) is 5.69. The smallest absolute Gasteiger partial charge is 0.233 e. The van der Waals surface area contributed by atoms with Gasteiger partial charge in [-0.2, -0.15) is 0 Å². The van der Waals surface area contributed by atoms with Gasteiger partial charge in [-0.1, -0.05) is 13.3 Å². The molecule has 88 valence electrons. The van der Waals surface area contributed by atoms with Gasteiger partial charge in [0, 0.05) is 11.4 Å². The largest absolute Gasteiger partial charge is 0.325 e. The number of hydrogen-bond donors (Lipinski definition) is 0. The molecule has 2 rings (SSSR count). The Morgan fingerprint density at radius 1 is 1.56 bits per heavy atom. The molecule has 16 heavy (non-hydrogen) atoms. The fraction of sp³-hybridized carbons (Fsp3) is 0.583. The van der Waals surface area contributed by atoms with Crippen LogP contribution in [0, 0.1) is 6.92 Å². The van der Waals surface area contributed by atoms with Crippen LogP contribution < -0.4 is 0 Å². The van der Waals surface area contributed by atoms with Crippen LogP contribution in [0.25, 0.3) is 0 Å². The minimum atomic E-state index is 0.277. The molecule has 0 aliphatic carbocycles. The minimum absolute atomic E-state index is 0.277. The van der Waals surface area contributed by atoms with E-state index >= 15 is 0 Å². The molecule has 1 aliphatic heterocycles. The first-order valence-corrected chi connectivity index (χ1v) is 7.62. The molecule has 0 radical (unpaired) electrons. The SMILES string of the molecule is CCCCN1C(=O)CSC1c1sccc1C. The van der Waals surface area contributed by atoms with E-state index in [4.69, 9.17) is 0 Å². The summed E-state index contributed by atoms with van der Waals surface area (Å²) in [4.78, 5) is 15.2. The number of carbonyl (C=O) groups is 1. The quantitative estimate of drug-likeness (QED) is 0.821. The van der Waals surface area contributed by atoms with Crippen LogP contribution in [0.15, 0.2) is 11.4 Å². The van der Waals surface area contributed by atoms with E-state index in [2.05, 4.69) is 25.3 Å². The van der Waals surface area contributed by atoms with Gasteiger partial charge in [-0.25, -0.2) is 0 Å². The second-order valence-corrected chi connectivity index (χ2v) is 6.09. The average molecular weight is 255 g/mol. The van der Waals surface area contributed by atoms with Gasteiger partial charge < -0.3 is 4.90 Å². The van der Waals surface area contributed by atoms with Gasteiger partial charge >= 0.3 is 0 Å². The molecule has 0 bridgehead atoms. The van der Waals surface area contributed by atoms with Gasteiger partial charge in [0.2, 0.25) is 5.91 Å². The van der Waals surface area contributed by atoms with E-state index in [0.717, 1.165) is 19.4 Å². The summed E-state index contributed by atoms with van der Waals surface area (Å²) in [6.07, 6.45) is 2.25. The Balaban J connectivity index is 2.14. The van der Waals surface area contributed by atoms with E-state index < -0.39 is 0 Å². The van der Waals surface area contributed by atoms with Crippen molar-refractivity contribution >= 4 is 29.0 Å². The van der Waals surface area contributed by atoms with Gasteiger partial charge in [0.1, 0.15) is 5.37 Å². The van der Waals surface area contributed by atoms with E-state index in [1.165, 1.54) is 10.4 Å². The summed E-state index contributed by atoms with van der Waals surface area (Å²) in [5, 5.41) is 2.39. The standard InChI is InChI=1S/C12H17NOS2/c1-3-4-6-13-10(14)8-16-12(13)11-9(2)5-7-15-11/h5,7,12H,3-4,6,8H2,1-2H3. The van der Waals surface area contributed by atoms with Crippen molar-refractivity contribution in [3.8, 4) is 0 Å². The van der Waals surface area contributed by atoms with Crippen molar-refractivity contribution in [3.63, 3.8) is 0 Å². The van der Waals surface area contributed by atoms with Crippen LogP contribution in [0.5, 0.6) is 0 Å². The zero-order valence-corrected chi connectivity index (χ0v) is 11.4. The third-order valence-electron chi connectivity index (χ3n) is 2.85. The van der Waals surface area contributed by atoms with Gasteiger partial charge in [0.15, 0.2) is 0 Å². The highest BCUT2D eigenvalue weighted by Gasteiger charge is 2.33. The fourth-order valence-corrected chi connectivity index (χ4v) is 4.37. The Bertz CT molecular complexity index is 375. The molecule has 1 amide bonds. The highest BCUT2D eigenvalue weighted by atomic mass is 32.2. The molecule has 1 unspecified atom stereocenters. The first-order chi connectivity index (χ1) is 7.74. The molecule has 1 aliphatic rings. The van der Waals surface area contributed by atoms with Crippen LogP contribution in [-0.4, -0.2) is 23.1 Å².